The van der Waals surface area contributed by atoms with Gasteiger partial charge in [-0.15, -0.1) is 0 Å². The summed E-state index contributed by atoms with van der Waals surface area (Å²) in [7, 11) is 0. The van der Waals surface area contributed by atoms with Gasteiger partial charge in [0.15, 0.2) is 6.10 Å². The first kappa shape index (κ1) is 58.9. The number of hydrogen-bond acceptors (Lipinski definition) is 6. The lowest BCUT2D eigenvalue weighted by molar-refractivity contribution is -0.167. The molecule has 0 radical (unpaired) electrons. The molecule has 61 heavy (non-hydrogen) atoms. The van der Waals surface area contributed by atoms with Gasteiger partial charge in [-0.2, -0.15) is 0 Å². The van der Waals surface area contributed by atoms with Crippen molar-refractivity contribution < 1.29 is 28.6 Å². The maximum Gasteiger partial charge on any atom is 0.306 e. The largest absolute Gasteiger partial charge is 0.462 e. The van der Waals surface area contributed by atoms with Gasteiger partial charge in [-0.1, -0.05) is 231 Å². The van der Waals surface area contributed by atoms with Gasteiger partial charge in [0, 0.05) is 19.3 Å². The maximum absolute atomic E-state index is 12.8. The summed E-state index contributed by atoms with van der Waals surface area (Å²) in [5, 5.41) is 0. The van der Waals surface area contributed by atoms with E-state index in [1.54, 1.807) is 0 Å². The third-order valence-corrected chi connectivity index (χ3v) is 11.9. The minimum atomic E-state index is -0.773. The van der Waals surface area contributed by atoms with E-state index < -0.39 is 6.10 Å². The first-order valence-electron chi connectivity index (χ1n) is 26.8. The predicted molar refractivity (Wildman–Crippen MR) is 261 cm³/mol. The second-order valence-corrected chi connectivity index (χ2v) is 18.1. The van der Waals surface area contributed by atoms with Crippen LogP contribution in [0.25, 0.3) is 0 Å². The van der Waals surface area contributed by atoms with Gasteiger partial charge in [-0.3, -0.25) is 14.4 Å². The Morgan fingerprint density at radius 3 is 0.869 bits per heavy atom. The molecule has 358 valence electrons. The summed E-state index contributed by atoms with van der Waals surface area (Å²) in [6, 6.07) is 0. The Labute approximate surface area is 379 Å². The Morgan fingerprint density at radius 1 is 0.311 bits per heavy atom. The van der Waals surface area contributed by atoms with E-state index in [-0.39, 0.29) is 31.1 Å². The van der Waals surface area contributed by atoms with Crippen LogP contribution in [-0.2, 0) is 28.6 Å². The molecule has 0 fully saturated rings. The normalized spacial score (nSPS) is 12.1. The molecule has 0 aliphatic heterocycles. The maximum atomic E-state index is 12.8. The van der Waals surface area contributed by atoms with Crippen molar-refractivity contribution in [2.75, 3.05) is 13.2 Å². The zero-order chi connectivity index (χ0) is 44.4. The van der Waals surface area contributed by atoms with Gasteiger partial charge in [0.2, 0.25) is 0 Å². The highest BCUT2D eigenvalue weighted by Crippen LogP contribution is 2.16. The third-order valence-electron chi connectivity index (χ3n) is 11.9. The third kappa shape index (κ3) is 48.8. The molecule has 6 nitrogen and oxygen atoms in total. The van der Waals surface area contributed by atoms with Crippen LogP contribution in [0.3, 0.4) is 0 Å². The molecule has 6 heteroatoms. The second kappa shape index (κ2) is 50.5. The average Bonchev–Trinajstić information content (AvgIpc) is 3.26. The van der Waals surface area contributed by atoms with Crippen LogP contribution in [0.15, 0.2) is 24.3 Å². The molecule has 0 aromatic carbocycles. The molecular weight excluding hydrogens is 757 g/mol. The van der Waals surface area contributed by atoms with Crippen molar-refractivity contribution >= 4 is 17.9 Å². The van der Waals surface area contributed by atoms with E-state index in [4.69, 9.17) is 14.2 Å². The van der Waals surface area contributed by atoms with E-state index >= 15 is 0 Å². The van der Waals surface area contributed by atoms with Crippen molar-refractivity contribution in [3.8, 4) is 0 Å². The fourth-order valence-electron chi connectivity index (χ4n) is 7.83. The summed E-state index contributed by atoms with van der Waals surface area (Å²) >= 11 is 0. The number of allylic oxidation sites excluding steroid dienone is 4. The average molecular weight is 859 g/mol. The smallest absolute Gasteiger partial charge is 0.306 e. The highest BCUT2D eigenvalue weighted by atomic mass is 16.6. The van der Waals surface area contributed by atoms with Crippen molar-refractivity contribution in [1.82, 2.24) is 0 Å². The van der Waals surface area contributed by atoms with Crippen molar-refractivity contribution in [3.63, 3.8) is 0 Å². The van der Waals surface area contributed by atoms with Crippen molar-refractivity contribution in [1.29, 1.82) is 0 Å². The van der Waals surface area contributed by atoms with Crippen molar-refractivity contribution in [2.45, 2.75) is 297 Å². The Balaban J connectivity index is 4.33. The lowest BCUT2D eigenvalue weighted by Gasteiger charge is -2.18. The topological polar surface area (TPSA) is 78.9 Å². The molecule has 0 bridgehead atoms. The minimum Gasteiger partial charge on any atom is -0.462 e. The van der Waals surface area contributed by atoms with Gasteiger partial charge < -0.3 is 14.2 Å². The molecule has 0 rings (SSSR count). The summed E-state index contributed by atoms with van der Waals surface area (Å²) in [5.74, 6) is -0.877. The molecule has 0 heterocycles. The van der Waals surface area contributed by atoms with Crippen LogP contribution < -0.4 is 0 Å². The Kier molecular flexibility index (Phi) is 48.8. The Morgan fingerprint density at radius 2 is 0.557 bits per heavy atom. The van der Waals surface area contributed by atoms with Gasteiger partial charge >= 0.3 is 17.9 Å². The molecule has 0 N–H and O–H groups in total. The van der Waals surface area contributed by atoms with E-state index in [1.807, 2.05) is 0 Å². The zero-order valence-corrected chi connectivity index (χ0v) is 40.9. The fourth-order valence-corrected chi connectivity index (χ4v) is 7.83. The summed E-state index contributed by atoms with van der Waals surface area (Å²) in [6.07, 6.45) is 57.3. The van der Waals surface area contributed by atoms with Crippen LogP contribution in [0, 0.1) is 0 Å². The van der Waals surface area contributed by atoms with E-state index in [2.05, 4.69) is 45.1 Å². The van der Waals surface area contributed by atoms with E-state index in [0.717, 1.165) is 70.6 Å². The van der Waals surface area contributed by atoms with Gasteiger partial charge in [-0.25, -0.2) is 0 Å². The predicted octanol–water partition coefficient (Wildman–Crippen LogP) is 17.5. The molecule has 1 atom stereocenters. The number of rotatable bonds is 49. The fraction of sp³-hybridized carbons (Fsp3) is 0.873. The van der Waals surface area contributed by atoms with Crippen molar-refractivity contribution in [3.05, 3.63) is 24.3 Å². The number of carbonyl (C=O) groups is 3. The van der Waals surface area contributed by atoms with Crippen LogP contribution in [0.2, 0.25) is 0 Å². The molecule has 0 aromatic rings. The number of ether oxygens (including phenoxy) is 3. The van der Waals surface area contributed by atoms with Crippen LogP contribution in [0.5, 0.6) is 0 Å². The molecule has 0 spiro atoms. The van der Waals surface area contributed by atoms with E-state index in [1.165, 1.54) is 180 Å². The summed E-state index contributed by atoms with van der Waals surface area (Å²) in [5.41, 5.74) is 0. The molecule has 0 unspecified atom stereocenters. The first-order valence-corrected chi connectivity index (χ1v) is 26.8. The van der Waals surface area contributed by atoms with Crippen LogP contribution in [-0.4, -0.2) is 37.2 Å². The standard InChI is InChI=1S/C55H102O6/c1-4-7-10-13-16-19-22-24-26-27-29-31-34-37-40-43-46-49-55(58)61-52(50-59-53(56)47-44-41-38-35-32-21-18-15-12-9-6-3)51-60-54(57)48-45-42-39-36-33-30-28-25-23-20-17-14-11-8-5-2/h15,18,25,28,52H,4-14,16-17,19-24,26-27,29-51H2,1-3H3/b18-15-,28-25-/t52-/m0/s1. The molecule has 0 amide bonds. The minimum absolute atomic E-state index is 0.0745. The summed E-state index contributed by atoms with van der Waals surface area (Å²) < 4.78 is 16.8. The summed E-state index contributed by atoms with van der Waals surface area (Å²) in [4.78, 5) is 38.0. The van der Waals surface area contributed by atoms with Crippen LogP contribution in [0.4, 0.5) is 0 Å². The lowest BCUT2D eigenvalue weighted by atomic mass is 10.0. The van der Waals surface area contributed by atoms with Gasteiger partial charge in [0.05, 0.1) is 0 Å². The number of hydrogen-bond donors (Lipinski definition) is 0. The quantitative estimate of drug-likeness (QED) is 0.0262. The lowest BCUT2D eigenvalue weighted by Crippen LogP contribution is -2.30. The molecule has 0 saturated carbocycles. The molecule has 0 saturated heterocycles. The molecule has 0 aliphatic rings. The highest BCUT2D eigenvalue weighted by Gasteiger charge is 2.19. The first-order chi connectivity index (χ1) is 30.0. The monoisotopic (exact) mass is 859 g/mol. The van der Waals surface area contributed by atoms with E-state index in [9.17, 15) is 14.4 Å². The number of unbranched alkanes of at least 4 members (excludes halogenated alkanes) is 34. The molecule has 0 aliphatic carbocycles. The molecular formula is C55H102O6. The Hall–Kier alpha value is -2.11. The van der Waals surface area contributed by atoms with Crippen LogP contribution >= 0.6 is 0 Å². The number of carbonyl (C=O) groups excluding carboxylic acids is 3. The summed E-state index contributed by atoms with van der Waals surface area (Å²) in [6.45, 7) is 6.61. The van der Waals surface area contributed by atoms with Crippen molar-refractivity contribution in [2.24, 2.45) is 0 Å². The number of esters is 3. The second-order valence-electron chi connectivity index (χ2n) is 18.1. The van der Waals surface area contributed by atoms with Gasteiger partial charge in [-0.05, 0) is 64.2 Å². The zero-order valence-electron chi connectivity index (χ0n) is 40.9. The van der Waals surface area contributed by atoms with E-state index in [0.29, 0.717) is 19.3 Å². The Bertz CT molecular complexity index is 989. The SMILES string of the molecule is CCCC/C=C\CCCCCCCC(=O)OC[C@@H](COC(=O)CCCCCCC/C=C\CCCCCCCC)OC(=O)CCCCCCCCCCCCCCCCCCC. The molecule has 0 aromatic heterocycles. The van der Waals surface area contributed by atoms with Crippen LogP contribution in [0.1, 0.15) is 290 Å². The van der Waals surface area contributed by atoms with Gasteiger partial charge in [0.25, 0.3) is 0 Å². The highest BCUT2D eigenvalue weighted by molar-refractivity contribution is 5.71. The van der Waals surface area contributed by atoms with Gasteiger partial charge in [0.1, 0.15) is 13.2 Å².